The molecular formula is C18H15N3O2S. The van der Waals surface area contributed by atoms with Crippen molar-refractivity contribution in [2.75, 3.05) is 12.4 Å². The van der Waals surface area contributed by atoms with Crippen molar-refractivity contribution in [3.05, 3.63) is 70.7 Å². The Morgan fingerprint density at radius 3 is 2.58 bits per heavy atom. The van der Waals surface area contributed by atoms with Crippen molar-refractivity contribution in [1.82, 2.24) is 10.2 Å². The summed E-state index contributed by atoms with van der Waals surface area (Å²) in [5.41, 5.74) is 1.53. The van der Waals surface area contributed by atoms with Crippen LogP contribution in [0.15, 0.2) is 54.6 Å². The topological polar surface area (TPSA) is 64.1 Å². The molecule has 0 aliphatic rings. The zero-order valence-corrected chi connectivity index (χ0v) is 13.8. The number of amides is 1. The van der Waals surface area contributed by atoms with Crippen LogP contribution in [0.5, 0.6) is 5.75 Å². The average molecular weight is 337 g/mol. The van der Waals surface area contributed by atoms with Gasteiger partial charge in [0.1, 0.15) is 10.8 Å². The Morgan fingerprint density at radius 2 is 1.79 bits per heavy atom. The summed E-state index contributed by atoms with van der Waals surface area (Å²) >= 11 is 1.31. The van der Waals surface area contributed by atoms with E-state index >= 15 is 0 Å². The number of ether oxygens (including phenoxy) is 1. The van der Waals surface area contributed by atoms with Gasteiger partial charge in [0.15, 0.2) is 0 Å². The molecule has 2 aromatic carbocycles. The number of hydrogen-bond acceptors (Lipinski definition) is 5. The quantitative estimate of drug-likeness (QED) is 0.765. The maximum Gasteiger partial charge on any atom is 0.261 e. The Balaban J connectivity index is 1.70. The summed E-state index contributed by atoms with van der Waals surface area (Å²) < 4.78 is 5.19. The molecule has 0 aliphatic heterocycles. The Hall–Kier alpha value is -2.99. The van der Waals surface area contributed by atoms with Gasteiger partial charge in [-0.2, -0.15) is 0 Å². The number of hydrogen-bond donors (Lipinski definition) is 1. The van der Waals surface area contributed by atoms with Crippen molar-refractivity contribution >= 4 is 34.5 Å². The maximum atomic E-state index is 12.3. The molecule has 0 aliphatic carbocycles. The first-order valence-electron chi connectivity index (χ1n) is 7.27. The van der Waals surface area contributed by atoms with E-state index < -0.39 is 0 Å². The number of nitrogens with one attached hydrogen (secondary N) is 1. The molecule has 0 bridgehead atoms. The van der Waals surface area contributed by atoms with Crippen LogP contribution in [0.25, 0.3) is 12.2 Å². The van der Waals surface area contributed by atoms with Crippen LogP contribution >= 0.6 is 11.3 Å². The minimum Gasteiger partial charge on any atom is -0.496 e. The van der Waals surface area contributed by atoms with E-state index in [1.807, 2.05) is 48.6 Å². The molecule has 3 aromatic rings. The van der Waals surface area contributed by atoms with Gasteiger partial charge >= 0.3 is 0 Å². The molecule has 0 atom stereocenters. The third-order valence-electron chi connectivity index (χ3n) is 3.23. The highest BCUT2D eigenvalue weighted by Crippen LogP contribution is 2.22. The SMILES string of the molecule is COc1ccccc1C(=O)Nc1nnc(C=Cc2ccccc2)s1. The summed E-state index contributed by atoms with van der Waals surface area (Å²) in [7, 11) is 1.53. The van der Waals surface area contributed by atoms with Crippen molar-refractivity contribution < 1.29 is 9.53 Å². The lowest BCUT2D eigenvalue weighted by Crippen LogP contribution is -2.12. The highest BCUT2D eigenvalue weighted by molar-refractivity contribution is 7.16. The lowest BCUT2D eigenvalue weighted by atomic mass is 10.2. The van der Waals surface area contributed by atoms with Gasteiger partial charge in [-0.05, 0) is 23.8 Å². The number of para-hydroxylation sites is 1. The third-order valence-corrected chi connectivity index (χ3v) is 4.03. The predicted octanol–water partition coefficient (Wildman–Crippen LogP) is 3.97. The number of anilines is 1. The average Bonchev–Trinajstić information content (AvgIpc) is 3.08. The fourth-order valence-electron chi connectivity index (χ4n) is 2.08. The molecule has 5 nitrogen and oxygen atoms in total. The van der Waals surface area contributed by atoms with E-state index in [0.29, 0.717) is 21.5 Å². The molecule has 0 fully saturated rings. The molecule has 1 amide bonds. The molecule has 3 rings (SSSR count). The smallest absolute Gasteiger partial charge is 0.261 e. The molecular weight excluding hydrogens is 322 g/mol. The molecule has 0 radical (unpaired) electrons. The normalized spacial score (nSPS) is 10.7. The van der Waals surface area contributed by atoms with E-state index in [2.05, 4.69) is 15.5 Å². The summed E-state index contributed by atoms with van der Waals surface area (Å²) in [6, 6.07) is 16.9. The van der Waals surface area contributed by atoms with Crippen molar-refractivity contribution in [3.8, 4) is 5.75 Å². The third kappa shape index (κ3) is 3.85. The van der Waals surface area contributed by atoms with E-state index in [-0.39, 0.29) is 5.91 Å². The Kier molecular flexibility index (Phi) is 4.98. The number of nitrogens with zero attached hydrogens (tertiary/aromatic N) is 2. The zero-order chi connectivity index (χ0) is 16.8. The van der Waals surface area contributed by atoms with Gasteiger partial charge in [0.25, 0.3) is 5.91 Å². The summed E-state index contributed by atoms with van der Waals surface area (Å²) in [5, 5.41) is 12.0. The second-order valence-electron chi connectivity index (χ2n) is 4.84. The van der Waals surface area contributed by atoms with Gasteiger partial charge in [-0.15, -0.1) is 10.2 Å². The first kappa shape index (κ1) is 15.9. The lowest BCUT2D eigenvalue weighted by Gasteiger charge is -2.06. The molecule has 24 heavy (non-hydrogen) atoms. The standard InChI is InChI=1S/C18H15N3O2S/c1-23-15-10-6-5-9-14(15)17(22)19-18-21-20-16(24-18)12-11-13-7-3-2-4-8-13/h2-12H,1H3,(H,19,21,22). The van der Waals surface area contributed by atoms with Gasteiger partial charge < -0.3 is 4.74 Å². The Bertz CT molecular complexity index is 859. The van der Waals surface area contributed by atoms with Crippen molar-refractivity contribution in [3.63, 3.8) is 0 Å². The van der Waals surface area contributed by atoms with Crippen LogP contribution < -0.4 is 10.1 Å². The summed E-state index contributed by atoms with van der Waals surface area (Å²) in [6.45, 7) is 0. The minimum absolute atomic E-state index is 0.276. The molecule has 0 spiro atoms. The van der Waals surface area contributed by atoms with E-state index in [1.165, 1.54) is 18.4 Å². The molecule has 6 heteroatoms. The van der Waals surface area contributed by atoms with Crippen LogP contribution in [0.4, 0.5) is 5.13 Å². The van der Waals surface area contributed by atoms with Gasteiger partial charge in [-0.25, -0.2) is 0 Å². The molecule has 0 saturated carbocycles. The van der Waals surface area contributed by atoms with Gasteiger partial charge in [0.05, 0.1) is 12.7 Å². The first-order valence-corrected chi connectivity index (χ1v) is 8.09. The lowest BCUT2D eigenvalue weighted by molar-refractivity contribution is 0.102. The Labute approximate surface area is 143 Å². The van der Waals surface area contributed by atoms with Crippen LogP contribution in [-0.4, -0.2) is 23.2 Å². The van der Waals surface area contributed by atoms with Gasteiger partial charge in [0, 0.05) is 0 Å². The summed E-state index contributed by atoms with van der Waals surface area (Å²) in [6.07, 6.45) is 3.82. The van der Waals surface area contributed by atoms with Gasteiger partial charge in [-0.1, -0.05) is 59.9 Å². The fraction of sp³-hybridized carbons (Fsp3) is 0.0556. The number of benzene rings is 2. The van der Waals surface area contributed by atoms with Crippen molar-refractivity contribution in [1.29, 1.82) is 0 Å². The van der Waals surface area contributed by atoms with Crippen LogP contribution in [0, 0.1) is 0 Å². The van der Waals surface area contributed by atoms with E-state index in [0.717, 1.165) is 5.56 Å². The number of carbonyl (C=O) groups excluding carboxylic acids is 1. The van der Waals surface area contributed by atoms with Crippen molar-refractivity contribution in [2.24, 2.45) is 0 Å². The number of aromatic nitrogens is 2. The monoisotopic (exact) mass is 337 g/mol. The van der Waals surface area contributed by atoms with Crippen LogP contribution in [0.2, 0.25) is 0 Å². The first-order chi connectivity index (χ1) is 11.8. The minimum atomic E-state index is -0.276. The van der Waals surface area contributed by atoms with Crippen molar-refractivity contribution in [2.45, 2.75) is 0 Å². The van der Waals surface area contributed by atoms with Gasteiger partial charge in [-0.3, -0.25) is 10.1 Å². The fourth-order valence-corrected chi connectivity index (χ4v) is 2.72. The highest BCUT2D eigenvalue weighted by atomic mass is 32.1. The molecule has 0 unspecified atom stereocenters. The molecule has 120 valence electrons. The second kappa shape index (κ2) is 7.52. The summed E-state index contributed by atoms with van der Waals surface area (Å²) in [4.78, 5) is 12.3. The maximum absolute atomic E-state index is 12.3. The predicted molar refractivity (Wildman–Crippen MR) is 96.2 cm³/mol. The van der Waals surface area contributed by atoms with E-state index in [9.17, 15) is 4.79 Å². The second-order valence-corrected chi connectivity index (χ2v) is 5.85. The largest absolute Gasteiger partial charge is 0.496 e. The zero-order valence-electron chi connectivity index (χ0n) is 13.0. The van der Waals surface area contributed by atoms with E-state index in [4.69, 9.17) is 4.74 Å². The number of methoxy groups -OCH3 is 1. The Morgan fingerprint density at radius 1 is 1.04 bits per heavy atom. The molecule has 1 heterocycles. The molecule has 1 aromatic heterocycles. The van der Waals surface area contributed by atoms with Gasteiger partial charge in [0.2, 0.25) is 5.13 Å². The highest BCUT2D eigenvalue weighted by Gasteiger charge is 2.13. The number of rotatable bonds is 5. The van der Waals surface area contributed by atoms with Crippen LogP contribution in [0.1, 0.15) is 20.9 Å². The summed E-state index contributed by atoms with van der Waals surface area (Å²) in [5.74, 6) is 0.242. The molecule has 0 saturated heterocycles. The van der Waals surface area contributed by atoms with Crippen LogP contribution in [-0.2, 0) is 0 Å². The molecule has 1 N–H and O–H groups in total. The van der Waals surface area contributed by atoms with E-state index in [1.54, 1.807) is 18.2 Å². The van der Waals surface area contributed by atoms with Crippen LogP contribution in [0.3, 0.4) is 0 Å². The number of carbonyl (C=O) groups is 1.